The van der Waals surface area contributed by atoms with Crippen molar-refractivity contribution in [3.05, 3.63) is 80.0 Å². The van der Waals surface area contributed by atoms with Crippen LogP contribution in [0.15, 0.2) is 62.9 Å². The Labute approximate surface area is 250 Å². The number of hydrogen-bond donors (Lipinski definition) is 0. The number of benzene rings is 3. The second kappa shape index (κ2) is 12.5. The number of halogens is 1. The Bertz CT molecular complexity index is 1650. The molecule has 41 heavy (non-hydrogen) atoms. The molecule has 0 aliphatic heterocycles. The third kappa shape index (κ3) is 6.81. The predicted molar refractivity (Wildman–Crippen MR) is 170 cm³/mol. The molecule has 216 valence electrons. The summed E-state index contributed by atoms with van der Waals surface area (Å²) in [6.07, 6.45) is 1.62. The zero-order valence-electron chi connectivity index (χ0n) is 25.0. The molecule has 8 heteroatoms. The first-order valence-corrected chi connectivity index (χ1v) is 14.6. The Hall–Kier alpha value is -3.65. The molecular weight excluding hydrogens is 582 g/mol. The monoisotopic (exact) mass is 619 g/mol. The molecule has 0 saturated carbocycles. The average molecular weight is 621 g/mol. The van der Waals surface area contributed by atoms with Gasteiger partial charge in [-0.15, -0.1) is 0 Å². The standard InChI is InChI=1S/C33H38BrN3O4/c1-9-40-28-14-21(4)26(17-25(28)20(2)3)31-36-27-13-11-10-12-24(27)32(38)37(31)35-18-22-15-23(34)16-29(39-8)30(22)41-19-33(5,6)7/h10-18,20H,9,19H2,1-8H3. The molecule has 0 N–H and O–H groups in total. The van der Waals surface area contributed by atoms with Crippen LogP contribution in [0.5, 0.6) is 17.2 Å². The van der Waals surface area contributed by atoms with Crippen molar-refractivity contribution < 1.29 is 14.2 Å². The van der Waals surface area contributed by atoms with Crippen molar-refractivity contribution in [3.8, 4) is 28.6 Å². The van der Waals surface area contributed by atoms with E-state index >= 15 is 0 Å². The van der Waals surface area contributed by atoms with Crippen molar-refractivity contribution >= 4 is 33.0 Å². The Morgan fingerprint density at radius 1 is 1.07 bits per heavy atom. The van der Waals surface area contributed by atoms with Crippen molar-refractivity contribution in [1.82, 2.24) is 9.66 Å². The molecule has 4 rings (SSSR count). The van der Waals surface area contributed by atoms with Gasteiger partial charge in [-0.2, -0.15) is 9.78 Å². The highest BCUT2D eigenvalue weighted by Crippen LogP contribution is 2.36. The molecule has 7 nitrogen and oxygen atoms in total. The minimum atomic E-state index is -0.264. The van der Waals surface area contributed by atoms with Gasteiger partial charge < -0.3 is 14.2 Å². The van der Waals surface area contributed by atoms with Crippen LogP contribution in [0.25, 0.3) is 22.3 Å². The first-order chi connectivity index (χ1) is 19.4. The van der Waals surface area contributed by atoms with Gasteiger partial charge in [0, 0.05) is 15.6 Å². The van der Waals surface area contributed by atoms with Crippen molar-refractivity contribution in [2.24, 2.45) is 10.5 Å². The van der Waals surface area contributed by atoms with E-state index in [0.29, 0.717) is 47.0 Å². The number of hydrogen-bond acceptors (Lipinski definition) is 6. The second-order valence-corrected chi connectivity index (χ2v) is 12.4. The number of ether oxygens (including phenoxy) is 3. The van der Waals surface area contributed by atoms with Gasteiger partial charge >= 0.3 is 0 Å². The number of nitrogens with zero attached hydrogens (tertiary/aromatic N) is 3. The van der Waals surface area contributed by atoms with E-state index in [1.165, 1.54) is 4.68 Å². The van der Waals surface area contributed by atoms with Gasteiger partial charge in [0.2, 0.25) is 0 Å². The Morgan fingerprint density at radius 3 is 2.46 bits per heavy atom. The lowest BCUT2D eigenvalue weighted by atomic mass is 9.96. The Balaban J connectivity index is 1.96. The molecule has 0 radical (unpaired) electrons. The van der Waals surface area contributed by atoms with Crippen LogP contribution in [0.2, 0.25) is 0 Å². The fraction of sp³-hybridized carbons (Fsp3) is 0.364. The van der Waals surface area contributed by atoms with Crippen molar-refractivity contribution in [1.29, 1.82) is 0 Å². The predicted octanol–water partition coefficient (Wildman–Crippen LogP) is 7.97. The van der Waals surface area contributed by atoms with E-state index in [1.807, 2.05) is 50.2 Å². The van der Waals surface area contributed by atoms with Crippen molar-refractivity contribution in [2.75, 3.05) is 20.3 Å². The van der Waals surface area contributed by atoms with Crippen LogP contribution >= 0.6 is 15.9 Å². The average Bonchev–Trinajstić information content (AvgIpc) is 2.91. The highest BCUT2D eigenvalue weighted by molar-refractivity contribution is 9.10. The van der Waals surface area contributed by atoms with Crippen LogP contribution in [0.1, 0.15) is 64.2 Å². The van der Waals surface area contributed by atoms with Crippen LogP contribution in [-0.2, 0) is 0 Å². The number of aryl methyl sites for hydroxylation is 1. The smallest absolute Gasteiger partial charge is 0.282 e. The normalized spacial score (nSPS) is 12.0. The lowest BCUT2D eigenvalue weighted by Gasteiger charge is -2.21. The second-order valence-electron chi connectivity index (χ2n) is 11.5. The summed E-state index contributed by atoms with van der Waals surface area (Å²) in [6.45, 7) is 15.5. The van der Waals surface area contributed by atoms with Gasteiger partial charge in [0.25, 0.3) is 5.56 Å². The molecular formula is C33H38BrN3O4. The van der Waals surface area contributed by atoms with E-state index in [0.717, 1.165) is 26.9 Å². The van der Waals surface area contributed by atoms with E-state index in [4.69, 9.17) is 24.3 Å². The van der Waals surface area contributed by atoms with E-state index < -0.39 is 0 Å². The van der Waals surface area contributed by atoms with Gasteiger partial charge in [-0.3, -0.25) is 4.79 Å². The van der Waals surface area contributed by atoms with Gasteiger partial charge in [-0.25, -0.2) is 4.98 Å². The van der Waals surface area contributed by atoms with Gasteiger partial charge in [-0.1, -0.05) is 62.7 Å². The van der Waals surface area contributed by atoms with E-state index in [1.54, 1.807) is 19.4 Å². The highest BCUT2D eigenvalue weighted by Gasteiger charge is 2.20. The summed E-state index contributed by atoms with van der Waals surface area (Å²) in [6, 6.07) is 15.1. The lowest BCUT2D eigenvalue weighted by molar-refractivity contribution is 0.191. The van der Waals surface area contributed by atoms with Crippen LogP contribution in [-0.4, -0.2) is 36.2 Å². The zero-order valence-corrected chi connectivity index (χ0v) is 26.6. The van der Waals surface area contributed by atoms with E-state index in [-0.39, 0.29) is 16.9 Å². The maximum absolute atomic E-state index is 13.9. The van der Waals surface area contributed by atoms with Gasteiger partial charge in [-0.05, 0) is 72.7 Å². The van der Waals surface area contributed by atoms with Crippen LogP contribution in [0.3, 0.4) is 0 Å². The number of aromatic nitrogens is 2. The van der Waals surface area contributed by atoms with Crippen LogP contribution in [0, 0.1) is 12.3 Å². The molecule has 0 amide bonds. The molecule has 0 aliphatic carbocycles. The van der Waals surface area contributed by atoms with Gasteiger partial charge in [0.15, 0.2) is 17.3 Å². The summed E-state index contributed by atoms with van der Waals surface area (Å²) >= 11 is 3.56. The number of rotatable bonds is 9. The first-order valence-electron chi connectivity index (χ1n) is 13.8. The number of para-hydroxylation sites is 1. The Morgan fingerprint density at radius 2 is 1.80 bits per heavy atom. The summed E-state index contributed by atoms with van der Waals surface area (Å²) in [7, 11) is 1.60. The van der Waals surface area contributed by atoms with E-state index in [2.05, 4.69) is 56.6 Å². The topological polar surface area (TPSA) is 74.9 Å². The molecule has 3 aromatic carbocycles. The maximum Gasteiger partial charge on any atom is 0.282 e. The fourth-order valence-electron chi connectivity index (χ4n) is 4.48. The third-order valence-corrected chi connectivity index (χ3v) is 6.96. The fourth-order valence-corrected chi connectivity index (χ4v) is 4.93. The Kier molecular flexibility index (Phi) is 9.22. The van der Waals surface area contributed by atoms with Gasteiger partial charge in [0.1, 0.15) is 5.75 Å². The lowest BCUT2D eigenvalue weighted by Crippen LogP contribution is -2.21. The minimum absolute atomic E-state index is 0.0713. The zero-order chi connectivity index (χ0) is 29.9. The van der Waals surface area contributed by atoms with Gasteiger partial charge in [0.05, 0.1) is 37.4 Å². The molecule has 0 bridgehead atoms. The van der Waals surface area contributed by atoms with Crippen molar-refractivity contribution in [3.63, 3.8) is 0 Å². The van der Waals surface area contributed by atoms with Crippen LogP contribution < -0.4 is 19.8 Å². The highest BCUT2D eigenvalue weighted by atomic mass is 79.9. The van der Waals surface area contributed by atoms with Crippen LogP contribution in [0.4, 0.5) is 0 Å². The molecule has 0 spiro atoms. The quantitative estimate of drug-likeness (QED) is 0.178. The summed E-state index contributed by atoms with van der Waals surface area (Å²) in [4.78, 5) is 18.8. The molecule has 4 aromatic rings. The molecule has 0 fully saturated rings. The third-order valence-electron chi connectivity index (χ3n) is 6.50. The molecule has 1 aromatic heterocycles. The molecule has 0 saturated heterocycles. The summed E-state index contributed by atoms with van der Waals surface area (Å²) in [5.74, 6) is 2.61. The SMILES string of the molecule is CCOc1cc(C)c(-c2nc3ccccc3c(=O)n2N=Cc2cc(Br)cc(OC)c2OCC(C)(C)C)cc1C(C)C. The van der Waals surface area contributed by atoms with Crippen molar-refractivity contribution in [2.45, 2.75) is 54.4 Å². The summed E-state index contributed by atoms with van der Waals surface area (Å²) in [5, 5.41) is 5.21. The number of fused-ring (bicyclic) bond motifs is 1. The maximum atomic E-state index is 13.9. The molecule has 0 unspecified atom stereocenters. The molecule has 0 atom stereocenters. The first kappa shape index (κ1) is 30.3. The van der Waals surface area contributed by atoms with E-state index in [9.17, 15) is 4.79 Å². The summed E-state index contributed by atoms with van der Waals surface area (Å²) < 4.78 is 20.0. The largest absolute Gasteiger partial charge is 0.494 e. The molecule has 1 heterocycles. The minimum Gasteiger partial charge on any atom is -0.494 e. The summed E-state index contributed by atoms with van der Waals surface area (Å²) in [5.41, 5.74) is 3.73. The molecule has 0 aliphatic rings. The number of methoxy groups -OCH3 is 1.